The van der Waals surface area contributed by atoms with Crippen LogP contribution in [-0.2, 0) is 14.3 Å². The molecule has 0 saturated heterocycles. The van der Waals surface area contributed by atoms with Crippen LogP contribution in [0.2, 0.25) is 0 Å². The van der Waals surface area contributed by atoms with Crippen LogP contribution >= 0.6 is 11.6 Å². The quantitative estimate of drug-likeness (QED) is 0.485. The van der Waals surface area contributed by atoms with Crippen LogP contribution in [-0.4, -0.2) is 11.9 Å². The molecule has 4 heteroatoms. The molecule has 0 aromatic heterocycles. The summed E-state index contributed by atoms with van der Waals surface area (Å²) in [6.07, 6.45) is 0.440. The van der Waals surface area contributed by atoms with E-state index in [2.05, 4.69) is 11.3 Å². The van der Waals surface area contributed by atoms with E-state index in [1.54, 1.807) is 0 Å². The summed E-state index contributed by atoms with van der Waals surface area (Å²) >= 11 is 5.37. The summed E-state index contributed by atoms with van der Waals surface area (Å²) in [7, 11) is 0. The maximum Gasteiger partial charge on any atom is 0.313 e. The zero-order chi connectivity index (χ0) is 8.85. The summed E-state index contributed by atoms with van der Waals surface area (Å²) in [5.74, 6) is -1.17. The van der Waals surface area contributed by atoms with Gasteiger partial charge in [0.05, 0.1) is 6.42 Å². The summed E-state index contributed by atoms with van der Waals surface area (Å²) in [6, 6.07) is 0. The third-order valence-corrected chi connectivity index (χ3v) is 1.05. The number of halogens is 1. The molecule has 0 saturated carbocycles. The molecule has 0 atom stereocenters. The smallest absolute Gasteiger partial charge is 0.313 e. The first-order valence-electron chi connectivity index (χ1n) is 3.07. The van der Waals surface area contributed by atoms with Crippen molar-refractivity contribution in [1.29, 1.82) is 0 Å². The number of hydrogen-bond donors (Lipinski definition) is 0. The van der Waals surface area contributed by atoms with Crippen molar-refractivity contribution in [3.05, 3.63) is 11.6 Å². The number of ether oxygens (including phenoxy) is 1. The van der Waals surface area contributed by atoms with E-state index < -0.39 is 11.9 Å². The number of hydrogen-bond acceptors (Lipinski definition) is 3. The Kier molecular flexibility index (Phi) is 4.54. The maximum atomic E-state index is 10.6. The normalized spacial score (nSPS) is 8.91. The molecule has 0 aromatic carbocycles. The second kappa shape index (κ2) is 4.91. The third kappa shape index (κ3) is 7.06. The Hall–Kier alpha value is -0.830. The topological polar surface area (TPSA) is 43.4 Å². The van der Waals surface area contributed by atoms with Crippen molar-refractivity contribution in [2.45, 2.75) is 19.8 Å². The molecule has 0 aliphatic carbocycles. The maximum absolute atomic E-state index is 10.6. The summed E-state index contributed by atoms with van der Waals surface area (Å²) in [4.78, 5) is 20.8. The van der Waals surface area contributed by atoms with Crippen LogP contribution in [0.3, 0.4) is 0 Å². The van der Waals surface area contributed by atoms with Gasteiger partial charge in [-0.2, -0.15) is 0 Å². The number of rotatable bonds is 3. The van der Waals surface area contributed by atoms with E-state index in [1.807, 2.05) is 0 Å². The Balaban J connectivity index is 3.53. The van der Waals surface area contributed by atoms with Gasteiger partial charge in [-0.25, -0.2) is 0 Å². The van der Waals surface area contributed by atoms with Crippen LogP contribution in [0, 0.1) is 0 Å². The molecule has 0 bridgehead atoms. The largest absolute Gasteiger partial charge is 0.393 e. The lowest BCUT2D eigenvalue weighted by Gasteiger charge is -1.97. The summed E-state index contributed by atoms with van der Waals surface area (Å²) in [5, 5.41) is 0.380. The molecule has 0 heterocycles. The first kappa shape index (κ1) is 10.2. The van der Waals surface area contributed by atoms with Gasteiger partial charge in [-0.3, -0.25) is 9.59 Å². The molecule has 0 N–H and O–H groups in total. The van der Waals surface area contributed by atoms with Crippen LogP contribution in [0.15, 0.2) is 11.6 Å². The molecule has 3 nitrogen and oxygen atoms in total. The highest BCUT2D eigenvalue weighted by Gasteiger charge is 2.05. The van der Waals surface area contributed by atoms with Gasteiger partial charge in [0.15, 0.2) is 0 Å². The Morgan fingerprint density at radius 1 is 1.45 bits per heavy atom. The molecular formula is C7H9ClO3. The molecule has 0 aromatic rings. The van der Waals surface area contributed by atoms with Crippen molar-refractivity contribution in [2.24, 2.45) is 0 Å². The minimum atomic E-state index is -0.602. The van der Waals surface area contributed by atoms with Gasteiger partial charge in [0, 0.05) is 12.0 Å². The molecule has 0 amide bonds. The lowest BCUT2D eigenvalue weighted by Crippen LogP contribution is -2.08. The molecule has 0 aliphatic heterocycles. The van der Waals surface area contributed by atoms with E-state index in [0.717, 1.165) is 0 Å². The Bertz CT molecular complexity index is 186. The number of allylic oxidation sites excluding steroid dienone is 1. The van der Waals surface area contributed by atoms with Gasteiger partial charge in [-0.05, 0) is 6.42 Å². The second-order valence-corrected chi connectivity index (χ2v) is 2.52. The van der Waals surface area contributed by atoms with Crippen molar-refractivity contribution in [2.75, 3.05) is 0 Å². The first-order valence-corrected chi connectivity index (χ1v) is 3.44. The van der Waals surface area contributed by atoms with E-state index in [-0.39, 0.29) is 6.42 Å². The van der Waals surface area contributed by atoms with Gasteiger partial charge in [0.2, 0.25) is 0 Å². The van der Waals surface area contributed by atoms with Crippen LogP contribution in [0.25, 0.3) is 0 Å². The van der Waals surface area contributed by atoms with Crippen molar-refractivity contribution in [1.82, 2.24) is 0 Å². The third-order valence-electron chi connectivity index (χ3n) is 0.858. The minimum Gasteiger partial charge on any atom is -0.393 e. The van der Waals surface area contributed by atoms with Crippen LogP contribution in [0.4, 0.5) is 0 Å². The summed E-state index contributed by atoms with van der Waals surface area (Å²) in [5.41, 5.74) is 0. The van der Waals surface area contributed by atoms with Gasteiger partial charge in [0.25, 0.3) is 0 Å². The second-order valence-electron chi connectivity index (χ2n) is 1.98. The average molecular weight is 177 g/mol. The Morgan fingerprint density at radius 2 is 2.00 bits per heavy atom. The van der Waals surface area contributed by atoms with E-state index in [9.17, 15) is 9.59 Å². The van der Waals surface area contributed by atoms with Crippen molar-refractivity contribution in [3.8, 4) is 0 Å². The zero-order valence-corrected chi connectivity index (χ0v) is 6.98. The molecule has 62 valence electrons. The number of esters is 2. The van der Waals surface area contributed by atoms with Crippen LogP contribution < -0.4 is 0 Å². The van der Waals surface area contributed by atoms with Crippen LogP contribution in [0.5, 0.6) is 0 Å². The molecule has 0 spiro atoms. The molecule has 0 aliphatic rings. The molecular weight excluding hydrogens is 168 g/mol. The predicted molar refractivity (Wildman–Crippen MR) is 41.0 cm³/mol. The standard InChI is InChI=1S/C7H9ClO3/c1-5(8)3-4-7(10)11-6(2)9/h1,3-4H2,2H3. The monoisotopic (exact) mass is 176 g/mol. The van der Waals surface area contributed by atoms with E-state index in [0.29, 0.717) is 11.5 Å². The van der Waals surface area contributed by atoms with Gasteiger partial charge < -0.3 is 4.74 Å². The highest BCUT2D eigenvalue weighted by Crippen LogP contribution is 2.06. The number of carbonyl (C=O) groups excluding carboxylic acids is 2. The van der Waals surface area contributed by atoms with Gasteiger partial charge in [0.1, 0.15) is 0 Å². The van der Waals surface area contributed by atoms with Crippen LogP contribution in [0.1, 0.15) is 19.8 Å². The van der Waals surface area contributed by atoms with Crippen molar-refractivity contribution in [3.63, 3.8) is 0 Å². The molecule has 0 fully saturated rings. The van der Waals surface area contributed by atoms with Gasteiger partial charge in [-0.15, -0.1) is 0 Å². The predicted octanol–water partition coefficient (Wildman–Crippen LogP) is 1.61. The van der Waals surface area contributed by atoms with E-state index in [4.69, 9.17) is 11.6 Å². The van der Waals surface area contributed by atoms with Gasteiger partial charge in [-0.1, -0.05) is 18.2 Å². The highest BCUT2D eigenvalue weighted by atomic mass is 35.5. The lowest BCUT2D eigenvalue weighted by molar-refractivity contribution is -0.157. The van der Waals surface area contributed by atoms with Crippen molar-refractivity contribution >= 4 is 23.5 Å². The number of carbonyl (C=O) groups is 2. The first-order chi connectivity index (χ1) is 5.02. The molecule has 0 unspecified atom stereocenters. The zero-order valence-electron chi connectivity index (χ0n) is 6.22. The minimum absolute atomic E-state index is 0.0991. The molecule has 0 rings (SSSR count). The van der Waals surface area contributed by atoms with E-state index >= 15 is 0 Å². The summed E-state index contributed by atoms with van der Waals surface area (Å²) in [6.45, 7) is 4.55. The fourth-order valence-corrected chi connectivity index (χ4v) is 0.544. The van der Waals surface area contributed by atoms with Gasteiger partial charge >= 0.3 is 11.9 Å². The average Bonchev–Trinajstić information content (AvgIpc) is 1.82. The molecule has 11 heavy (non-hydrogen) atoms. The Morgan fingerprint density at radius 3 is 2.36 bits per heavy atom. The molecule has 0 radical (unpaired) electrons. The van der Waals surface area contributed by atoms with Crippen molar-refractivity contribution < 1.29 is 14.3 Å². The fourth-order valence-electron chi connectivity index (χ4n) is 0.449. The highest BCUT2D eigenvalue weighted by molar-refractivity contribution is 6.29. The lowest BCUT2D eigenvalue weighted by atomic mass is 10.3. The fraction of sp³-hybridized carbons (Fsp3) is 0.429. The summed E-state index contributed by atoms with van der Waals surface area (Å²) < 4.78 is 4.22. The Labute approximate surface area is 70.0 Å². The van der Waals surface area contributed by atoms with E-state index in [1.165, 1.54) is 6.92 Å². The SMILES string of the molecule is C=C(Cl)CCC(=O)OC(C)=O.